The van der Waals surface area contributed by atoms with Crippen molar-refractivity contribution in [2.75, 3.05) is 13.7 Å². The molecule has 1 aromatic carbocycles. The summed E-state index contributed by atoms with van der Waals surface area (Å²) in [6.45, 7) is -0.147. The summed E-state index contributed by atoms with van der Waals surface area (Å²) in [7, 11) is 1.33. The fraction of sp³-hybridized carbons (Fsp3) is 0.308. The van der Waals surface area contributed by atoms with Crippen LogP contribution in [0, 0.1) is 11.3 Å². The van der Waals surface area contributed by atoms with Gasteiger partial charge in [0.1, 0.15) is 6.54 Å². The zero-order valence-corrected chi connectivity index (χ0v) is 12.5. The number of nitrogens with one attached hydrogen (secondary N) is 1. The van der Waals surface area contributed by atoms with Gasteiger partial charge in [-0.05, 0) is 18.2 Å². The molecule has 1 atom stereocenters. The van der Waals surface area contributed by atoms with Crippen molar-refractivity contribution < 1.29 is 14.4 Å². The highest BCUT2D eigenvalue weighted by Gasteiger charge is 2.47. The minimum atomic E-state index is -1.58. The maximum Gasteiger partial charge on any atom is 0.321 e. The molecule has 0 saturated heterocycles. The van der Waals surface area contributed by atoms with E-state index in [-0.39, 0.29) is 13.0 Å². The van der Waals surface area contributed by atoms with Gasteiger partial charge in [-0.15, -0.1) is 0 Å². The highest BCUT2D eigenvalue weighted by molar-refractivity contribution is 6.35. The van der Waals surface area contributed by atoms with Crippen LogP contribution >= 0.6 is 23.2 Å². The lowest BCUT2D eigenvalue weighted by Crippen LogP contribution is -2.48. The molecule has 1 amide bonds. The van der Waals surface area contributed by atoms with Gasteiger partial charge < -0.3 is 14.9 Å². The third-order valence-corrected chi connectivity index (χ3v) is 3.34. The summed E-state index contributed by atoms with van der Waals surface area (Å²) in [6.07, 6.45) is 0.0808. The number of ether oxygens (including phenoxy) is 1. The van der Waals surface area contributed by atoms with Crippen LogP contribution in [0.3, 0.4) is 0 Å². The first-order valence-corrected chi connectivity index (χ1v) is 6.68. The highest BCUT2D eigenvalue weighted by Crippen LogP contribution is 2.30. The lowest BCUT2D eigenvalue weighted by Gasteiger charge is -2.22. The van der Waals surface area contributed by atoms with Crippen LogP contribution in [0.2, 0.25) is 10.0 Å². The van der Waals surface area contributed by atoms with Gasteiger partial charge in [0.05, 0.1) is 18.2 Å². The average molecular weight is 328 g/mol. The van der Waals surface area contributed by atoms with Gasteiger partial charge in [-0.1, -0.05) is 28.4 Å². The molecular weight excluding hydrogens is 317 g/mol. The van der Waals surface area contributed by atoms with Gasteiger partial charge in [-0.3, -0.25) is 4.79 Å². The average Bonchev–Trinajstić information content (AvgIpc) is 2.89. The van der Waals surface area contributed by atoms with Crippen molar-refractivity contribution in [3.05, 3.63) is 33.8 Å². The quantitative estimate of drug-likeness (QED) is 0.858. The van der Waals surface area contributed by atoms with Crippen LogP contribution in [-0.4, -0.2) is 31.1 Å². The van der Waals surface area contributed by atoms with E-state index in [2.05, 4.69) is 10.5 Å². The van der Waals surface area contributed by atoms with E-state index in [0.717, 1.165) is 0 Å². The first-order valence-electron chi connectivity index (χ1n) is 5.92. The van der Waals surface area contributed by atoms with Crippen molar-refractivity contribution in [2.45, 2.75) is 12.2 Å². The van der Waals surface area contributed by atoms with Gasteiger partial charge >= 0.3 is 5.79 Å². The number of carbonyl (C=O) groups is 1. The van der Waals surface area contributed by atoms with Crippen molar-refractivity contribution >= 4 is 34.8 Å². The number of oxime groups is 1. The third-order valence-electron chi connectivity index (χ3n) is 2.90. The lowest BCUT2D eigenvalue weighted by molar-refractivity contribution is -0.208. The Kier molecular flexibility index (Phi) is 4.68. The summed E-state index contributed by atoms with van der Waals surface area (Å²) < 4.78 is 5.15. The number of rotatable bonds is 4. The van der Waals surface area contributed by atoms with E-state index in [0.29, 0.717) is 21.3 Å². The van der Waals surface area contributed by atoms with Gasteiger partial charge in [0.2, 0.25) is 0 Å². The van der Waals surface area contributed by atoms with Crippen LogP contribution in [0.5, 0.6) is 0 Å². The number of methoxy groups -OCH3 is 1. The fourth-order valence-corrected chi connectivity index (χ4v) is 2.39. The van der Waals surface area contributed by atoms with E-state index < -0.39 is 11.7 Å². The Morgan fingerprint density at radius 2 is 2.19 bits per heavy atom. The first-order chi connectivity index (χ1) is 10.0. The maximum absolute atomic E-state index is 12.0. The smallest absolute Gasteiger partial charge is 0.321 e. The second-order valence-electron chi connectivity index (χ2n) is 4.26. The molecule has 0 bridgehead atoms. The summed E-state index contributed by atoms with van der Waals surface area (Å²) in [6, 6.07) is 6.72. The Bertz CT molecular complexity index is 622. The molecule has 0 fully saturated rings. The molecule has 1 N–H and O–H groups in total. The molecule has 1 unspecified atom stereocenters. The van der Waals surface area contributed by atoms with Crippen LogP contribution in [0.15, 0.2) is 23.4 Å². The maximum atomic E-state index is 12.0. The topological polar surface area (TPSA) is 83.7 Å². The SMILES string of the molecule is COC1(C(=O)NCC#N)CC(c2cc(Cl)cc(Cl)c2)=NO1. The monoisotopic (exact) mass is 327 g/mol. The Hall–Kier alpha value is -1.81. The predicted molar refractivity (Wildman–Crippen MR) is 77.1 cm³/mol. The van der Waals surface area contributed by atoms with E-state index >= 15 is 0 Å². The van der Waals surface area contributed by atoms with Gasteiger partial charge in [0.25, 0.3) is 5.91 Å². The lowest BCUT2D eigenvalue weighted by atomic mass is 10.0. The van der Waals surface area contributed by atoms with Gasteiger partial charge in [-0.25, -0.2) is 0 Å². The second-order valence-corrected chi connectivity index (χ2v) is 5.13. The summed E-state index contributed by atoms with van der Waals surface area (Å²) in [5, 5.41) is 15.7. The van der Waals surface area contributed by atoms with E-state index in [1.165, 1.54) is 7.11 Å². The zero-order valence-electron chi connectivity index (χ0n) is 11.0. The first kappa shape index (κ1) is 15.6. The van der Waals surface area contributed by atoms with Crippen LogP contribution in [-0.2, 0) is 14.4 Å². The predicted octanol–water partition coefficient (Wildman–Crippen LogP) is 2.10. The van der Waals surface area contributed by atoms with Crippen LogP contribution < -0.4 is 5.32 Å². The molecule has 2 rings (SSSR count). The number of hydrogen-bond donors (Lipinski definition) is 1. The highest BCUT2D eigenvalue weighted by atomic mass is 35.5. The number of hydrogen-bond acceptors (Lipinski definition) is 5. The van der Waals surface area contributed by atoms with Gasteiger partial charge in [0.15, 0.2) is 0 Å². The molecule has 0 aliphatic carbocycles. The number of nitriles is 1. The molecule has 1 aliphatic heterocycles. The minimum absolute atomic E-state index is 0.0808. The molecule has 0 aromatic heterocycles. The molecule has 1 heterocycles. The molecule has 0 spiro atoms. The molecular formula is C13H11Cl2N3O3. The minimum Gasteiger partial charge on any atom is -0.349 e. The second kappa shape index (κ2) is 6.31. The van der Waals surface area contributed by atoms with E-state index in [4.69, 9.17) is 38.0 Å². The van der Waals surface area contributed by atoms with Crippen molar-refractivity contribution in [1.29, 1.82) is 5.26 Å². The molecule has 0 saturated carbocycles. The Balaban J connectivity index is 2.20. The number of halogens is 2. The molecule has 1 aliphatic rings. The summed E-state index contributed by atoms with van der Waals surface area (Å²) in [5.41, 5.74) is 1.12. The summed E-state index contributed by atoms with van der Waals surface area (Å²) >= 11 is 11.9. The normalized spacial score (nSPS) is 20.4. The Labute approximate surface area is 131 Å². The zero-order chi connectivity index (χ0) is 15.5. The number of amides is 1. The fourth-order valence-electron chi connectivity index (χ4n) is 1.87. The number of nitrogens with zero attached hydrogens (tertiary/aromatic N) is 2. The van der Waals surface area contributed by atoms with E-state index in [1.807, 2.05) is 0 Å². The molecule has 110 valence electrons. The van der Waals surface area contributed by atoms with Crippen molar-refractivity contribution in [3.8, 4) is 6.07 Å². The van der Waals surface area contributed by atoms with Gasteiger partial charge in [-0.2, -0.15) is 5.26 Å². The Morgan fingerprint density at radius 1 is 1.52 bits per heavy atom. The van der Waals surface area contributed by atoms with Crippen LogP contribution in [0.1, 0.15) is 12.0 Å². The largest absolute Gasteiger partial charge is 0.349 e. The van der Waals surface area contributed by atoms with Crippen LogP contribution in [0.4, 0.5) is 0 Å². The number of carbonyl (C=O) groups excluding carboxylic acids is 1. The Morgan fingerprint density at radius 3 is 2.76 bits per heavy atom. The standard InChI is InChI=1S/C13H11Cl2N3O3/c1-20-13(12(19)17-3-2-16)7-11(18-21-13)8-4-9(14)6-10(15)5-8/h4-6H,3,7H2,1H3,(H,17,19). The molecule has 0 radical (unpaired) electrons. The molecule has 8 heteroatoms. The summed E-state index contributed by atoms with van der Waals surface area (Å²) in [4.78, 5) is 17.2. The van der Waals surface area contributed by atoms with Crippen molar-refractivity contribution in [2.24, 2.45) is 5.16 Å². The van der Waals surface area contributed by atoms with Crippen LogP contribution in [0.25, 0.3) is 0 Å². The molecule has 21 heavy (non-hydrogen) atoms. The molecule has 6 nitrogen and oxygen atoms in total. The van der Waals surface area contributed by atoms with Gasteiger partial charge in [0, 0.05) is 22.7 Å². The number of benzene rings is 1. The molecule has 1 aromatic rings. The van der Waals surface area contributed by atoms with E-state index in [9.17, 15) is 4.79 Å². The third kappa shape index (κ3) is 3.27. The summed E-state index contributed by atoms with van der Waals surface area (Å²) in [5.74, 6) is -2.15. The van der Waals surface area contributed by atoms with Crippen molar-refractivity contribution in [1.82, 2.24) is 5.32 Å². The van der Waals surface area contributed by atoms with Crippen molar-refractivity contribution in [3.63, 3.8) is 0 Å². The van der Waals surface area contributed by atoms with E-state index in [1.54, 1.807) is 24.3 Å².